The second-order valence-electron chi connectivity index (χ2n) is 7.81. The topological polar surface area (TPSA) is 276 Å². The molecule has 1 rings (SSSR count). The van der Waals surface area contributed by atoms with Gasteiger partial charge in [0.15, 0.2) is 5.96 Å². The first kappa shape index (κ1) is 30.1. The van der Waals surface area contributed by atoms with E-state index in [2.05, 4.69) is 15.6 Å². The number of nitrogens with two attached hydrogens (primary N) is 3. The summed E-state index contributed by atoms with van der Waals surface area (Å²) in [7, 11) is 0. The van der Waals surface area contributed by atoms with Crippen LogP contribution in [0.4, 0.5) is 0 Å². The second kappa shape index (κ2) is 15.1. The maximum atomic E-state index is 12.9. The average molecular weight is 512 g/mol. The Bertz CT molecular complexity index is 921. The summed E-state index contributed by atoms with van der Waals surface area (Å²) >= 11 is 0. The standard InChI is InChI=1S/C21H33N7O8/c22-13(8-11-3-5-12(31)6-4-11)17(32)26-14(2-1-7-25-21(23)24)18(33)27-15(9-29)19(34)28-16(10-30)20(35)36/h3-6,13-16,29-31H,1-2,7-10,22H2,(H,26,32)(H,27,33)(H,28,34)(H,35,36)(H4,23,24,25). The van der Waals surface area contributed by atoms with Gasteiger partial charge in [0.05, 0.1) is 19.3 Å². The van der Waals surface area contributed by atoms with Gasteiger partial charge in [-0.25, -0.2) is 4.79 Å². The fraction of sp³-hybridized carbons (Fsp3) is 0.476. The van der Waals surface area contributed by atoms with Crippen LogP contribution in [0.5, 0.6) is 5.75 Å². The molecule has 0 radical (unpaired) electrons. The highest BCUT2D eigenvalue weighted by atomic mass is 16.4. The third-order valence-corrected chi connectivity index (χ3v) is 4.92. The van der Waals surface area contributed by atoms with Crippen molar-refractivity contribution in [3.8, 4) is 5.75 Å². The third-order valence-electron chi connectivity index (χ3n) is 4.92. The Kier molecular flexibility index (Phi) is 12.6. The highest BCUT2D eigenvalue weighted by Crippen LogP contribution is 2.11. The Morgan fingerprint density at radius 1 is 0.861 bits per heavy atom. The molecule has 4 atom stereocenters. The lowest BCUT2D eigenvalue weighted by Crippen LogP contribution is -2.58. The van der Waals surface area contributed by atoms with Crippen LogP contribution in [0.1, 0.15) is 18.4 Å². The van der Waals surface area contributed by atoms with Gasteiger partial charge in [0.2, 0.25) is 17.7 Å². The minimum absolute atomic E-state index is 0.0362. The van der Waals surface area contributed by atoms with Crippen LogP contribution in [0, 0.1) is 0 Å². The third kappa shape index (κ3) is 10.5. The van der Waals surface area contributed by atoms with Gasteiger partial charge in [-0.1, -0.05) is 12.1 Å². The van der Waals surface area contributed by atoms with Crippen molar-refractivity contribution < 1.29 is 39.6 Å². The monoisotopic (exact) mass is 511 g/mol. The molecule has 0 fully saturated rings. The predicted octanol–water partition coefficient (Wildman–Crippen LogP) is -4.16. The normalized spacial score (nSPS) is 14.0. The fourth-order valence-electron chi connectivity index (χ4n) is 2.95. The van der Waals surface area contributed by atoms with Crippen LogP contribution in [0.2, 0.25) is 0 Å². The molecule has 0 saturated carbocycles. The van der Waals surface area contributed by atoms with Gasteiger partial charge in [-0.3, -0.25) is 19.4 Å². The molecule has 0 aromatic heterocycles. The van der Waals surface area contributed by atoms with Crippen molar-refractivity contribution in [3.05, 3.63) is 29.8 Å². The van der Waals surface area contributed by atoms with Gasteiger partial charge in [-0.2, -0.15) is 0 Å². The summed E-state index contributed by atoms with van der Waals surface area (Å²) in [4.78, 5) is 52.6. The van der Waals surface area contributed by atoms with Crippen LogP contribution in [-0.2, 0) is 25.6 Å². The molecule has 0 aliphatic rings. The number of aliphatic imine (C=N–C) groups is 1. The number of benzene rings is 1. The molecule has 13 N–H and O–H groups in total. The number of aliphatic hydroxyl groups excluding tert-OH is 2. The number of aromatic hydroxyl groups is 1. The van der Waals surface area contributed by atoms with Crippen molar-refractivity contribution in [2.75, 3.05) is 19.8 Å². The van der Waals surface area contributed by atoms with Crippen molar-refractivity contribution in [2.45, 2.75) is 43.4 Å². The second-order valence-corrected chi connectivity index (χ2v) is 7.81. The Hall–Kier alpha value is -3.95. The van der Waals surface area contributed by atoms with E-state index in [1.54, 1.807) is 12.1 Å². The smallest absolute Gasteiger partial charge is 0.328 e. The van der Waals surface area contributed by atoms with Gasteiger partial charge in [0, 0.05) is 6.54 Å². The lowest BCUT2D eigenvalue weighted by molar-refractivity contribution is -0.143. The number of rotatable bonds is 15. The number of carboxylic acids is 1. The number of hydrogen-bond donors (Lipinski definition) is 10. The van der Waals surface area contributed by atoms with E-state index in [4.69, 9.17) is 27.4 Å². The summed E-state index contributed by atoms with van der Waals surface area (Å²) < 4.78 is 0. The van der Waals surface area contributed by atoms with Gasteiger partial charge < -0.3 is 53.6 Å². The highest BCUT2D eigenvalue weighted by Gasteiger charge is 2.29. The molecule has 1 aromatic rings. The predicted molar refractivity (Wildman–Crippen MR) is 127 cm³/mol. The van der Waals surface area contributed by atoms with E-state index in [0.29, 0.717) is 5.56 Å². The van der Waals surface area contributed by atoms with E-state index >= 15 is 0 Å². The van der Waals surface area contributed by atoms with E-state index in [1.165, 1.54) is 12.1 Å². The number of carboxylic acid groups (broad SMARTS) is 1. The number of hydrogen-bond acceptors (Lipinski definition) is 9. The number of amides is 3. The van der Waals surface area contributed by atoms with Crippen LogP contribution < -0.4 is 33.2 Å². The Morgan fingerprint density at radius 3 is 1.92 bits per heavy atom. The number of carbonyl (C=O) groups is 4. The molecule has 200 valence electrons. The first-order chi connectivity index (χ1) is 17.0. The van der Waals surface area contributed by atoms with Crippen molar-refractivity contribution in [3.63, 3.8) is 0 Å². The van der Waals surface area contributed by atoms with Gasteiger partial charge >= 0.3 is 5.97 Å². The molecule has 15 heteroatoms. The van der Waals surface area contributed by atoms with Crippen molar-refractivity contribution >= 4 is 29.7 Å². The number of phenols is 1. The lowest BCUT2D eigenvalue weighted by Gasteiger charge is -2.24. The van der Waals surface area contributed by atoms with E-state index in [-0.39, 0.29) is 37.5 Å². The Balaban J connectivity index is 2.90. The lowest BCUT2D eigenvalue weighted by atomic mass is 10.0. The van der Waals surface area contributed by atoms with Crippen molar-refractivity contribution in [1.29, 1.82) is 0 Å². The molecular formula is C21H33N7O8. The maximum Gasteiger partial charge on any atom is 0.328 e. The summed E-state index contributed by atoms with van der Waals surface area (Å²) in [6.45, 7) is -1.65. The van der Waals surface area contributed by atoms with Crippen molar-refractivity contribution in [1.82, 2.24) is 16.0 Å². The molecule has 1 aromatic carbocycles. The zero-order chi connectivity index (χ0) is 27.3. The average Bonchev–Trinajstić information content (AvgIpc) is 2.83. The zero-order valence-electron chi connectivity index (χ0n) is 19.5. The first-order valence-electron chi connectivity index (χ1n) is 10.9. The number of guanidine groups is 1. The van der Waals surface area contributed by atoms with Crippen LogP contribution in [0.25, 0.3) is 0 Å². The largest absolute Gasteiger partial charge is 0.508 e. The molecule has 0 saturated heterocycles. The van der Waals surface area contributed by atoms with Gasteiger partial charge in [-0.15, -0.1) is 0 Å². The van der Waals surface area contributed by atoms with Gasteiger partial charge in [0.25, 0.3) is 0 Å². The van der Waals surface area contributed by atoms with Gasteiger partial charge in [0.1, 0.15) is 23.9 Å². The number of aliphatic hydroxyl groups is 2. The Morgan fingerprint density at radius 2 is 1.39 bits per heavy atom. The van der Waals surface area contributed by atoms with E-state index in [0.717, 1.165) is 0 Å². The number of carbonyl (C=O) groups excluding carboxylic acids is 3. The van der Waals surface area contributed by atoms with Crippen LogP contribution >= 0.6 is 0 Å². The van der Waals surface area contributed by atoms with Crippen molar-refractivity contribution in [2.24, 2.45) is 22.2 Å². The molecule has 0 aliphatic heterocycles. The molecule has 0 aliphatic carbocycles. The minimum Gasteiger partial charge on any atom is -0.508 e. The Labute approximate surface area is 206 Å². The first-order valence-corrected chi connectivity index (χ1v) is 10.9. The molecular weight excluding hydrogens is 478 g/mol. The van der Waals surface area contributed by atoms with E-state index < -0.39 is 61.1 Å². The number of nitrogens with one attached hydrogen (secondary N) is 3. The van der Waals surface area contributed by atoms with Crippen LogP contribution in [0.3, 0.4) is 0 Å². The minimum atomic E-state index is -1.64. The SMILES string of the molecule is NC(N)=NCCCC(NC(=O)C(N)Cc1ccc(O)cc1)C(=O)NC(CO)C(=O)NC(CO)C(=O)O. The van der Waals surface area contributed by atoms with Crippen LogP contribution in [0.15, 0.2) is 29.3 Å². The summed E-state index contributed by atoms with van der Waals surface area (Å²) in [5, 5.41) is 43.6. The van der Waals surface area contributed by atoms with E-state index in [9.17, 15) is 29.4 Å². The summed E-state index contributed by atoms with van der Waals surface area (Å²) in [6.07, 6.45) is 0.396. The molecule has 36 heavy (non-hydrogen) atoms. The summed E-state index contributed by atoms with van der Waals surface area (Å²) in [5.74, 6) is -4.21. The zero-order valence-corrected chi connectivity index (χ0v) is 19.5. The summed E-state index contributed by atoms with van der Waals surface area (Å²) in [6, 6.07) is 0.585. The molecule has 0 heterocycles. The molecule has 0 spiro atoms. The molecule has 0 bridgehead atoms. The molecule has 15 nitrogen and oxygen atoms in total. The highest BCUT2D eigenvalue weighted by molar-refractivity contribution is 5.94. The number of nitrogens with zero attached hydrogens (tertiary/aromatic N) is 1. The van der Waals surface area contributed by atoms with Gasteiger partial charge in [-0.05, 0) is 37.0 Å². The van der Waals surface area contributed by atoms with Crippen LogP contribution in [-0.4, -0.2) is 94.0 Å². The fourth-order valence-corrected chi connectivity index (χ4v) is 2.95. The number of aliphatic carboxylic acids is 1. The quantitative estimate of drug-likeness (QED) is 0.0612. The summed E-state index contributed by atoms with van der Waals surface area (Å²) in [5.41, 5.74) is 17.2. The maximum absolute atomic E-state index is 12.9. The molecule has 3 amide bonds. The number of phenolic OH excluding ortho intramolecular Hbond substituents is 1. The van der Waals surface area contributed by atoms with E-state index in [1.807, 2.05) is 5.32 Å². The molecule has 4 unspecified atom stereocenters.